The third-order valence-electron chi connectivity index (χ3n) is 2.94. The van der Waals surface area contributed by atoms with Crippen LogP contribution in [0.3, 0.4) is 0 Å². The quantitative estimate of drug-likeness (QED) is 0.573. The van der Waals surface area contributed by atoms with E-state index in [0.717, 1.165) is 18.4 Å². The van der Waals surface area contributed by atoms with E-state index < -0.39 is 0 Å². The molecule has 0 fully saturated rings. The Labute approximate surface area is 93.8 Å². The van der Waals surface area contributed by atoms with E-state index in [-0.39, 0.29) is 18.4 Å². The van der Waals surface area contributed by atoms with Crippen LogP contribution in [-0.4, -0.2) is 18.7 Å². The van der Waals surface area contributed by atoms with Crippen LogP contribution in [0.2, 0.25) is 0 Å². The molecule has 0 heterocycles. The fraction of sp³-hybridized carbons (Fsp3) is 0.333. The molecule has 0 aliphatic heterocycles. The summed E-state index contributed by atoms with van der Waals surface area (Å²) in [7, 11) is 0. The van der Waals surface area contributed by atoms with Crippen molar-refractivity contribution >= 4 is 12.2 Å². The van der Waals surface area contributed by atoms with Crippen LogP contribution in [0.15, 0.2) is 18.2 Å². The summed E-state index contributed by atoms with van der Waals surface area (Å²) in [6, 6.07) is 5.64. The molecule has 0 radical (unpaired) electrons. The zero-order valence-electron chi connectivity index (χ0n) is 8.90. The van der Waals surface area contributed by atoms with Crippen LogP contribution in [0.4, 0.5) is 0 Å². The largest absolute Gasteiger partial charge is 0.351 e. The lowest BCUT2D eigenvalue weighted by Gasteiger charge is -2.07. The SMILES string of the molecule is NC1CCc2ccc(C(=O)CNC=O)cc21. The number of ketones is 1. The van der Waals surface area contributed by atoms with Gasteiger partial charge >= 0.3 is 0 Å². The first-order valence-corrected chi connectivity index (χ1v) is 5.31. The summed E-state index contributed by atoms with van der Waals surface area (Å²) in [5.74, 6) is -0.0889. The van der Waals surface area contributed by atoms with E-state index >= 15 is 0 Å². The van der Waals surface area contributed by atoms with Crippen molar-refractivity contribution in [3.8, 4) is 0 Å². The zero-order valence-corrected chi connectivity index (χ0v) is 8.90. The van der Waals surface area contributed by atoms with E-state index in [1.807, 2.05) is 12.1 Å². The molecule has 4 heteroatoms. The molecular weight excluding hydrogens is 204 g/mol. The number of Topliss-reactive ketones (excluding diaryl/α,β-unsaturated/α-hetero) is 1. The van der Waals surface area contributed by atoms with Gasteiger partial charge in [-0.3, -0.25) is 9.59 Å². The molecule has 1 aliphatic rings. The van der Waals surface area contributed by atoms with Gasteiger partial charge in [-0.1, -0.05) is 12.1 Å². The molecule has 0 spiro atoms. The van der Waals surface area contributed by atoms with Gasteiger partial charge < -0.3 is 11.1 Å². The van der Waals surface area contributed by atoms with Gasteiger partial charge in [0.25, 0.3) is 0 Å². The van der Waals surface area contributed by atoms with Gasteiger partial charge in [-0.2, -0.15) is 0 Å². The molecule has 0 aromatic heterocycles. The van der Waals surface area contributed by atoms with Gasteiger partial charge in [0, 0.05) is 11.6 Å². The van der Waals surface area contributed by atoms with E-state index in [1.165, 1.54) is 5.56 Å². The van der Waals surface area contributed by atoms with Crippen molar-refractivity contribution in [2.24, 2.45) is 5.73 Å². The number of hydrogen-bond donors (Lipinski definition) is 2. The third kappa shape index (κ3) is 1.97. The van der Waals surface area contributed by atoms with Crippen molar-refractivity contribution in [2.45, 2.75) is 18.9 Å². The van der Waals surface area contributed by atoms with Crippen molar-refractivity contribution in [3.63, 3.8) is 0 Å². The second-order valence-electron chi connectivity index (χ2n) is 3.98. The summed E-state index contributed by atoms with van der Waals surface area (Å²) < 4.78 is 0. The number of amides is 1. The topological polar surface area (TPSA) is 72.2 Å². The van der Waals surface area contributed by atoms with Crippen molar-refractivity contribution in [1.82, 2.24) is 5.32 Å². The lowest BCUT2D eigenvalue weighted by atomic mass is 10.0. The molecule has 0 bridgehead atoms. The van der Waals surface area contributed by atoms with Gasteiger partial charge in [0.05, 0.1) is 6.54 Å². The Morgan fingerprint density at radius 1 is 1.56 bits per heavy atom. The molecule has 1 aliphatic carbocycles. The second-order valence-corrected chi connectivity index (χ2v) is 3.98. The lowest BCUT2D eigenvalue weighted by molar-refractivity contribution is -0.109. The number of nitrogens with two attached hydrogens (primary N) is 1. The summed E-state index contributed by atoms with van der Waals surface area (Å²) in [6.07, 6.45) is 2.45. The minimum absolute atomic E-state index is 0.0392. The number of nitrogens with one attached hydrogen (secondary N) is 1. The first-order chi connectivity index (χ1) is 7.72. The summed E-state index contributed by atoms with van der Waals surface area (Å²) in [5.41, 5.74) is 8.84. The fourth-order valence-corrected chi connectivity index (χ4v) is 2.04. The summed E-state index contributed by atoms with van der Waals surface area (Å²) in [6.45, 7) is 0.0392. The molecular formula is C12H14N2O2. The van der Waals surface area contributed by atoms with Gasteiger partial charge in [0.15, 0.2) is 5.78 Å². The van der Waals surface area contributed by atoms with E-state index in [2.05, 4.69) is 5.32 Å². The monoisotopic (exact) mass is 218 g/mol. The molecule has 1 atom stereocenters. The molecule has 4 nitrogen and oxygen atoms in total. The smallest absolute Gasteiger partial charge is 0.207 e. The number of hydrogen-bond acceptors (Lipinski definition) is 3. The summed E-state index contributed by atoms with van der Waals surface area (Å²) >= 11 is 0. The number of carbonyl (C=O) groups is 2. The first-order valence-electron chi connectivity index (χ1n) is 5.31. The van der Waals surface area contributed by atoms with Crippen molar-refractivity contribution in [1.29, 1.82) is 0 Å². The van der Waals surface area contributed by atoms with Crippen molar-refractivity contribution < 1.29 is 9.59 Å². The van der Waals surface area contributed by atoms with Crippen LogP contribution in [-0.2, 0) is 11.2 Å². The number of fused-ring (bicyclic) bond motifs is 1. The highest BCUT2D eigenvalue weighted by Crippen LogP contribution is 2.29. The maximum absolute atomic E-state index is 11.6. The molecule has 1 aromatic rings. The van der Waals surface area contributed by atoms with Gasteiger partial charge in [-0.25, -0.2) is 0 Å². The molecule has 0 saturated carbocycles. The highest BCUT2D eigenvalue weighted by Gasteiger charge is 2.20. The second kappa shape index (κ2) is 4.45. The van der Waals surface area contributed by atoms with Crippen molar-refractivity contribution in [2.75, 3.05) is 6.54 Å². The Kier molecular flexibility index (Phi) is 3.01. The van der Waals surface area contributed by atoms with Gasteiger partial charge in [-0.15, -0.1) is 0 Å². The maximum Gasteiger partial charge on any atom is 0.207 e. The molecule has 1 amide bonds. The average Bonchev–Trinajstić information content (AvgIpc) is 2.67. The van der Waals surface area contributed by atoms with Crippen LogP contribution >= 0.6 is 0 Å². The molecule has 0 saturated heterocycles. The van der Waals surface area contributed by atoms with Crippen molar-refractivity contribution in [3.05, 3.63) is 34.9 Å². The Hall–Kier alpha value is -1.68. The molecule has 84 valence electrons. The normalized spacial score (nSPS) is 17.9. The number of rotatable bonds is 4. The van der Waals surface area contributed by atoms with Crippen LogP contribution in [0.5, 0.6) is 0 Å². The minimum atomic E-state index is -0.0889. The molecule has 1 aromatic carbocycles. The van der Waals surface area contributed by atoms with E-state index in [0.29, 0.717) is 12.0 Å². The fourth-order valence-electron chi connectivity index (χ4n) is 2.04. The van der Waals surface area contributed by atoms with Crippen LogP contribution in [0.1, 0.15) is 33.9 Å². The molecule has 3 N–H and O–H groups in total. The summed E-state index contributed by atoms with van der Waals surface area (Å²) in [5, 5.41) is 2.36. The molecule has 16 heavy (non-hydrogen) atoms. The third-order valence-corrected chi connectivity index (χ3v) is 2.94. The van der Waals surface area contributed by atoms with E-state index in [1.54, 1.807) is 6.07 Å². The highest BCUT2D eigenvalue weighted by molar-refractivity contribution is 5.98. The number of carbonyl (C=O) groups excluding carboxylic acids is 2. The Morgan fingerprint density at radius 3 is 3.12 bits per heavy atom. The average molecular weight is 218 g/mol. The Morgan fingerprint density at radius 2 is 2.38 bits per heavy atom. The van der Waals surface area contributed by atoms with Crippen LogP contribution < -0.4 is 11.1 Å². The predicted octanol–water partition coefficient (Wildman–Crippen LogP) is 0.561. The minimum Gasteiger partial charge on any atom is -0.351 e. The first kappa shape index (κ1) is 10.8. The number of benzene rings is 1. The Balaban J connectivity index is 2.20. The van der Waals surface area contributed by atoms with Crippen LogP contribution in [0, 0.1) is 0 Å². The van der Waals surface area contributed by atoms with Gasteiger partial charge in [0.1, 0.15) is 0 Å². The van der Waals surface area contributed by atoms with E-state index in [4.69, 9.17) is 5.73 Å². The standard InChI is InChI=1S/C12H14N2O2/c13-11-4-3-8-1-2-9(5-10(8)11)12(16)6-14-7-15/h1-2,5,7,11H,3-4,6,13H2,(H,14,15). The Bertz CT molecular complexity index is 429. The molecule has 1 unspecified atom stereocenters. The highest BCUT2D eigenvalue weighted by atomic mass is 16.1. The van der Waals surface area contributed by atoms with Gasteiger partial charge in [0.2, 0.25) is 6.41 Å². The summed E-state index contributed by atoms with van der Waals surface area (Å²) in [4.78, 5) is 21.7. The zero-order chi connectivity index (χ0) is 11.5. The number of aryl methyl sites for hydroxylation is 1. The van der Waals surface area contributed by atoms with E-state index in [9.17, 15) is 9.59 Å². The van der Waals surface area contributed by atoms with Gasteiger partial charge in [-0.05, 0) is 30.0 Å². The van der Waals surface area contributed by atoms with Crippen LogP contribution in [0.25, 0.3) is 0 Å². The lowest BCUT2D eigenvalue weighted by Crippen LogP contribution is -2.21. The predicted molar refractivity (Wildman–Crippen MR) is 60.1 cm³/mol. The molecule has 2 rings (SSSR count). The maximum atomic E-state index is 11.6.